The van der Waals surface area contributed by atoms with Gasteiger partial charge in [-0.05, 0) is 12.8 Å². The molecule has 5 nitrogen and oxygen atoms in total. The summed E-state index contributed by atoms with van der Waals surface area (Å²) >= 11 is 0. The highest BCUT2D eigenvalue weighted by molar-refractivity contribution is 5.77. The zero-order valence-corrected chi connectivity index (χ0v) is 11.0. The van der Waals surface area contributed by atoms with Gasteiger partial charge in [-0.15, -0.1) is 0 Å². The van der Waals surface area contributed by atoms with Crippen LogP contribution < -0.4 is 10.6 Å². The zero-order valence-electron chi connectivity index (χ0n) is 11.0. The number of unbranched alkanes of at least 4 members (excludes halogenated alkanes) is 1. The molecule has 0 radical (unpaired) electrons. The molecule has 0 saturated heterocycles. The minimum Gasteiger partial charge on any atom is -0.389 e. The van der Waals surface area contributed by atoms with Gasteiger partial charge >= 0.3 is 0 Å². The van der Waals surface area contributed by atoms with Crippen molar-refractivity contribution in [1.29, 1.82) is 0 Å². The highest BCUT2D eigenvalue weighted by Gasteiger charge is 2.05. The summed E-state index contributed by atoms with van der Waals surface area (Å²) in [6.07, 6.45) is 2.48. The number of hydrogen-bond donors (Lipinski definition) is 3. The highest BCUT2D eigenvalue weighted by atomic mass is 16.5. The van der Waals surface area contributed by atoms with Crippen molar-refractivity contribution < 1.29 is 14.6 Å². The largest absolute Gasteiger partial charge is 0.389 e. The standard InChI is InChI=1S/C12H26N2O3/c1-3-5-7-17-10-11(15)8-13-9-12(16)14-6-4-2/h11,13,15H,3-10H2,1-2H3,(H,14,16). The maximum absolute atomic E-state index is 11.2. The van der Waals surface area contributed by atoms with E-state index in [1.165, 1.54) is 0 Å². The van der Waals surface area contributed by atoms with E-state index in [0.29, 0.717) is 26.3 Å². The Morgan fingerprint density at radius 3 is 2.76 bits per heavy atom. The van der Waals surface area contributed by atoms with Crippen LogP contribution in [0.5, 0.6) is 0 Å². The normalized spacial score (nSPS) is 12.4. The SMILES string of the molecule is CCCCOCC(O)CNCC(=O)NCCC. The summed E-state index contributed by atoms with van der Waals surface area (Å²) in [6, 6.07) is 0. The van der Waals surface area contributed by atoms with E-state index in [1.54, 1.807) is 0 Å². The first kappa shape index (κ1) is 16.4. The third-order valence-corrected chi connectivity index (χ3v) is 2.19. The molecule has 0 aliphatic carbocycles. The molecule has 1 atom stereocenters. The van der Waals surface area contributed by atoms with Crippen LogP contribution in [0.25, 0.3) is 0 Å². The van der Waals surface area contributed by atoms with Crippen LogP contribution >= 0.6 is 0 Å². The molecule has 1 amide bonds. The summed E-state index contributed by atoms with van der Waals surface area (Å²) in [4.78, 5) is 11.2. The molecular weight excluding hydrogens is 220 g/mol. The fraction of sp³-hybridized carbons (Fsp3) is 0.917. The van der Waals surface area contributed by atoms with Crippen LogP contribution in [0.4, 0.5) is 0 Å². The molecule has 0 aliphatic rings. The van der Waals surface area contributed by atoms with E-state index in [1.807, 2.05) is 6.92 Å². The highest BCUT2D eigenvalue weighted by Crippen LogP contribution is 1.90. The quantitative estimate of drug-likeness (QED) is 0.458. The average Bonchev–Trinajstić information content (AvgIpc) is 2.32. The van der Waals surface area contributed by atoms with Crippen LogP contribution in [0.3, 0.4) is 0 Å². The Labute approximate surface area is 104 Å². The summed E-state index contributed by atoms with van der Waals surface area (Å²) < 4.78 is 5.27. The molecule has 0 spiro atoms. The van der Waals surface area contributed by atoms with Crippen LogP contribution in [0.1, 0.15) is 33.1 Å². The molecule has 0 rings (SSSR count). The Balaban J connectivity index is 3.31. The summed E-state index contributed by atoms with van der Waals surface area (Å²) in [6.45, 7) is 6.43. The molecule has 102 valence electrons. The Kier molecular flexibility index (Phi) is 11.4. The van der Waals surface area contributed by atoms with E-state index in [-0.39, 0.29) is 12.5 Å². The number of ether oxygens (including phenoxy) is 1. The first-order chi connectivity index (χ1) is 8.20. The lowest BCUT2D eigenvalue weighted by atomic mass is 10.3. The number of carbonyl (C=O) groups excluding carboxylic acids is 1. The van der Waals surface area contributed by atoms with Gasteiger partial charge in [-0.1, -0.05) is 20.3 Å². The minimum atomic E-state index is -0.550. The molecule has 0 fully saturated rings. The molecule has 17 heavy (non-hydrogen) atoms. The van der Waals surface area contributed by atoms with Crippen molar-refractivity contribution in [1.82, 2.24) is 10.6 Å². The molecule has 0 bridgehead atoms. The zero-order chi connectivity index (χ0) is 12.9. The van der Waals surface area contributed by atoms with Gasteiger partial charge < -0.3 is 20.5 Å². The molecule has 0 aromatic rings. The van der Waals surface area contributed by atoms with Crippen molar-refractivity contribution in [3.05, 3.63) is 0 Å². The predicted octanol–water partition coefficient (Wildman–Crippen LogP) is 0.280. The van der Waals surface area contributed by atoms with E-state index in [2.05, 4.69) is 17.6 Å². The van der Waals surface area contributed by atoms with Crippen LogP contribution in [0.15, 0.2) is 0 Å². The van der Waals surface area contributed by atoms with Crippen LogP contribution in [0, 0.1) is 0 Å². The van der Waals surface area contributed by atoms with Gasteiger partial charge in [0.25, 0.3) is 0 Å². The molecule has 0 aromatic heterocycles. The molecule has 1 unspecified atom stereocenters. The van der Waals surface area contributed by atoms with Gasteiger partial charge in [0.15, 0.2) is 0 Å². The molecule has 0 heterocycles. The lowest BCUT2D eigenvalue weighted by Gasteiger charge is -2.12. The number of nitrogens with one attached hydrogen (secondary N) is 2. The summed E-state index contributed by atoms with van der Waals surface area (Å²) in [5.74, 6) is -0.0362. The molecule has 0 aromatic carbocycles. The van der Waals surface area contributed by atoms with Crippen LogP contribution in [-0.4, -0.2) is 50.0 Å². The van der Waals surface area contributed by atoms with Gasteiger partial charge in [0.05, 0.1) is 19.3 Å². The topological polar surface area (TPSA) is 70.6 Å². The number of carbonyl (C=O) groups is 1. The lowest BCUT2D eigenvalue weighted by Crippen LogP contribution is -2.38. The Hall–Kier alpha value is -0.650. The Bertz CT molecular complexity index is 189. The van der Waals surface area contributed by atoms with E-state index < -0.39 is 6.10 Å². The van der Waals surface area contributed by atoms with Gasteiger partial charge in [-0.2, -0.15) is 0 Å². The van der Waals surface area contributed by atoms with Gasteiger partial charge in [0.2, 0.25) is 5.91 Å². The van der Waals surface area contributed by atoms with Crippen LogP contribution in [0.2, 0.25) is 0 Å². The molecule has 0 aliphatic heterocycles. The maximum Gasteiger partial charge on any atom is 0.233 e. The van der Waals surface area contributed by atoms with Gasteiger partial charge in [0, 0.05) is 19.7 Å². The van der Waals surface area contributed by atoms with E-state index in [4.69, 9.17) is 4.74 Å². The number of amides is 1. The number of aliphatic hydroxyl groups excluding tert-OH is 1. The fourth-order valence-electron chi connectivity index (χ4n) is 1.20. The lowest BCUT2D eigenvalue weighted by molar-refractivity contribution is -0.120. The third kappa shape index (κ3) is 11.6. The van der Waals surface area contributed by atoms with Gasteiger partial charge in [-0.3, -0.25) is 4.79 Å². The van der Waals surface area contributed by atoms with Crippen molar-refractivity contribution in [3.8, 4) is 0 Å². The van der Waals surface area contributed by atoms with Gasteiger partial charge in [-0.25, -0.2) is 0 Å². The fourth-order valence-corrected chi connectivity index (χ4v) is 1.20. The molecule has 0 saturated carbocycles. The predicted molar refractivity (Wildman–Crippen MR) is 67.9 cm³/mol. The minimum absolute atomic E-state index is 0.0362. The van der Waals surface area contributed by atoms with Crippen molar-refractivity contribution in [2.24, 2.45) is 0 Å². The van der Waals surface area contributed by atoms with E-state index in [9.17, 15) is 9.90 Å². The Morgan fingerprint density at radius 2 is 2.12 bits per heavy atom. The second-order valence-electron chi connectivity index (χ2n) is 4.06. The summed E-state index contributed by atoms with van der Waals surface area (Å²) in [5, 5.41) is 15.2. The van der Waals surface area contributed by atoms with Gasteiger partial charge in [0.1, 0.15) is 0 Å². The Morgan fingerprint density at radius 1 is 1.35 bits per heavy atom. The first-order valence-electron chi connectivity index (χ1n) is 6.43. The van der Waals surface area contributed by atoms with E-state index >= 15 is 0 Å². The summed E-state index contributed by atoms with van der Waals surface area (Å²) in [7, 11) is 0. The van der Waals surface area contributed by atoms with Crippen molar-refractivity contribution in [3.63, 3.8) is 0 Å². The van der Waals surface area contributed by atoms with Crippen molar-refractivity contribution >= 4 is 5.91 Å². The smallest absolute Gasteiger partial charge is 0.233 e. The van der Waals surface area contributed by atoms with Crippen LogP contribution in [-0.2, 0) is 9.53 Å². The molecule has 5 heteroatoms. The number of hydrogen-bond acceptors (Lipinski definition) is 4. The number of rotatable bonds is 11. The van der Waals surface area contributed by atoms with Crippen molar-refractivity contribution in [2.75, 3.05) is 32.8 Å². The van der Waals surface area contributed by atoms with E-state index in [0.717, 1.165) is 19.3 Å². The second kappa shape index (κ2) is 11.8. The third-order valence-electron chi connectivity index (χ3n) is 2.19. The molecular formula is C12H26N2O3. The number of aliphatic hydroxyl groups is 1. The monoisotopic (exact) mass is 246 g/mol. The second-order valence-corrected chi connectivity index (χ2v) is 4.06. The maximum atomic E-state index is 11.2. The first-order valence-corrected chi connectivity index (χ1v) is 6.43. The van der Waals surface area contributed by atoms with Crippen molar-refractivity contribution in [2.45, 2.75) is 39.2 Å². The average molecular weight is 246 g/mol. The molecule has 3 N–H and O–H groups in total. The summed E-state index contributed by atoms with van der Waals surface area (Å²) in [5.41, 5.74) is 0.